The first-order chi connectivity index (χ1) is 9.70. The molecule has 0 unspecified atom stereocenters. The maximum absolute atomic E-state index is 13.4. The van der Waals surface area contributed by atoms with Gasteiger partial charge in [0.25, 0.3) is 5.56 Å². The van der Waals surface area contributed by atoms with E-state index >= 15 is 0 Å². The molecule has 3 rings (SSSR count). The summed E-state index contributed by atoms with van der Waals surface area (Å²) in [6.45, 7) is 1.92. The highest BCUT2D eigenvalue weighted by Crippen LogP contribution is 2.14. The summed E-state index contributed by atoms with van der Waals surface area (Å²) < 4.78 is 14.9. The van der Waals surface area contributed by atoms with Crippen molar-refractivity contribution in [2.75, 3.05) is 0 Å². The summed E-state index contributed by atoms with van der Waals surface area (Å²) in [5.41, 5.74) is 1.00. The topological polar surface area (TPSA) is 34.9 Å². The zero-order valence-corrected chi connectivity index (χ0v) is 11.0. The van der Waals surface area contributed by atoms with Gasteiger partial charge >= 0.3 is 0 Å². The van der Waals surface area contributed by atoms with Crippen molar-refractivity contribution < 1.29 is 4.39 Å². The number of rotatable bonds is 2. The number of hydrogen-bond acceptors (Lipinski definition) is 2. The minimum Gasteiger partial charge on any atom is -0.268 e. The van der Waals surface area contributed by atoms with E-state index in [9.17, 15) is 9.18 Å². The first kappa shape index (κ1) is 12.5. The summed E-state index contributed by atoms with van der Waals surface area (Å²) in [7, 11) is 0. The van der Waals surface area contributed by atoms with Crippen LogP contribution in [-0.2, 0) is 6.42 Å². The summed E-state index contributed by atoms with van der Waals surface area (Å²) in [5, 5.41) is 0.536. The Labute approximate surface area is 115 Å². The predicted octanol–water partition coefficient (Wildman–Crippen LogP) is 3.09. The molecule has 0 radical (unpaired) electrons. The Kier molecular flexibility index (Phi) is 3.06. The highest BCUT2D eigenvalue weighted by molar-refractivity contribution is 5.77. The number of benzene rings is 2. The quantitative estimate of drug-likeness (QED) is 0.716. The van der Waals surface area contributed by atoms with Crippen LogP contribution in [0.2, 0.25) is 0 Å². The maximum atomic E-state index is 13.4. The van der Waals surface area contributed by atoms with Gasteiger partial charge in [-0.1, -0.05) is 25.1 Å². The van der Waals surface area contributed by atoms with Gasteiger partial charge < -0.3 is 0 Å². The summed E-state index contributed by atoms with van der Waals surface area (Å²) in [5.74, 6) is 0.254. The Morgan fingerprint density at radius 3 is 2.70 bits per heavy atom. The second-order valence-electron chi connectivity index (χ2n) is 4.52. The monoisotopic (exact) mass is 268 g/mol. The average Bonchev–Trinajstić information content (AvgIpc) is 2.47. The molecule has 0 bridgehead atoms. The van der Waals surface area contributed by atoms with Crippen molar-refractivity contribution in [2.24, 2.45) is 0 Å². The molecule has 100 valence electrons. The lowest BCUT2D eigenvalue weighted by molar-refractivity contribution is 0.625. The van der Waals surface area contributed by atoms with Gasteiger partial charge in [0.1, 0.15) is 11.6 Å². The molecule has 0 atom stereocenters. The molecule has 0 aliphatic heterocycles. The van der Waals surface area contributed by atoms with E-state index in [1.54, 1.807) is 24.3 Å². The highest BCUT2D eigenvalue weighted by atomic mass is 19.1. The van der Waals surface area contributed by atoms with Gasteiger partial charge in [-0.2, -0.15) is 0 Å². The van der Waals surface area contributed by atoms with E-state index in [2.05, 4.69) is 4.98 Å². The van der Waals surface area contributed by atoms with Gasteiger partial charge in [0.15, 0.2) is 0 Å². The Morgan fingerprint density at radius 2 is 1.95 bits per heavy atom. The van der Waals surface area contributed by atoms with Crippen molar-refractivity contribution in [1.82, 2.24) is 9.55 Å². The Hall–Kier alpha value is -2.49. The molecule has 0 saturated carbocycles. The predicted molar refractivity (Wildman–Crippen MR) is 76.7 cm³/mol. The van der Waals surface area contributed by atoms with Crippen molar-refractivity contribution in [3.63, 3.8) is 0 Å². The normalized spacial score (nSPS) is 10.9. The molecular weight excluding hydrogens is 255 g/mol. The lowest BCUT2D eigenvalue weighted by Gasteiger charge is -2.12. The minimum atomic E-state index is -0.371. The number of nitrogens with zero attached hydrogens (tertiary/aromatic N) is 2. The van der Waals surface area contributed by atoms with Gasteiger partial charge in [-0.3, -0.25) is 9.36 Å². The lowest BCUT2D eigenvalue weighted by atomic mass is 10.2. The first-order valence-electron chi connectivity index (χ1n) is 6.47. The largest absolute Gasteiger partial charge is 0.268 e. The molecule has 0 aliphatic rings. The second-order valence-corrected chi connectivity index (χ2v) is 4.52. The molecular formula is C16H13FN2O. The van der Waals surface area contributed by atoms with Crippen LogP contribution in [0, 0.1) is 5.82 Å². The molecule has 1 aromatic heterocycles. The van der Waals surface area contributed by atoms with Crippen LogP contribution >= 0.6 is 0 Å². The first-order valence-corrected chi connectivity index (χ1v) is 6.47. The molecule has 0 N–H and O–H groups in total. The smallest absolute Gasteiger partial charge is 0.265 e. The van der Waals surface area contributed by atoms with Crippen LogP contribution in [0.1, 0.15) is 12.7 Å². The third kappa shape index (κ3) is 1.99. The van der Waals surface area contributed by atoms with E-state index in [4.69, 9.17) is 0 Å². The third-order valence-corrected chi connectivity index (χ3v) is 3.23. The van der Waals surface area contributed by atoms with Crippen LogP contribution in [0.4, 0.5) is 4.39 Å². The zero-order chi connectivity index (χ0) is 14.1. The number of halogens is 1. The van der Waals surface area contributed by atoms with Crippen LogP contribution in [0.3, 0.4) is 0 Å². The summed E-state index contributed by atoms with van der Waals surface area (Å²) in [4.78, 5) is 17.1. The molecule has 20 heavy (non-hydrogen) atoms. The van der Waals surface area contributed by atoms with Crippen molar-refractivity contribution in [3.05, 3.63) is 70.5 Å². The second kappa shape index (κ2) is 4.89. The number of aryl methyl sites for hydroxylation is 1. The summed E-state index contributed by atoms with van der Waals surface area (Å²) in [6, 6.07) is 13.2. The van der Waals surface area contributed by atoms with Crippen LogP contribution in [0.25, 0.3) is 16.6 Å². The van der Waals surface area contributed by atoms with Gasteiger partial charge in [-0.15, -0.1) is 0 Å². The molecule has 4 heteroatoms. The fourth-order valence-corrected chi connectivity index (χ4v) is 2.30. The molecule has 0 saturated heterocycles. The van der Waals surface area contributed by atoms with Gasteiger partial charge in [0.2, 0.25) is 0 Å². The van der Waals surface area contributed by atoms with E-state index in [0.29, 0.717) is 28.8 Å². The third-order valence-electron chi connectivity index (χ3n) is 3.23. The number of hydrogen-bond donors (Lipinski definition) is 0. The molecule has 3 aromatic rings. The van der Waals surface area contributed by atoms with Crippen molar-refractivity contribution in [2.45, 2.75) is 13.3 Å². The van der Waals surface area contributed by atoms with Crippen molar-refractivity contribution in [1.29, 1.82) is 0 Å². The fourth-order valence-electron chi connectivity index (χ4n) is 2.30. The van der Waals surface area contributed by atoms with Gasteiger partial charge in [0.05, 0.1) is 16.6 Å². The molecule has 0 spiro atoms. The number of fused-ring (bicyclic) bond motifs is 1. The molecule has 3 nitrogen and oxygen atoms in total. The van der Waals surface area contributed by atoms with E-state index in [1.807, 2.05) is 19.1 Å². The zero-order valence-electron chi connectivity index (χ0n) is 11.0. The average molecular weight is 268 g/mol. The number of para-hydroxylation sites is 1. The van der Waals surface area contributed by atoms with Crippen LogP contribution in [0.15, 0.2) is 53.3 Å². The van der Waals surface area contributed by atoms with E-state index in [0.717, 1.165) is 0 Å². The fraction of sp³-hybridized carbons (Fsp3) is 0.125. The van der Waals surface area contributed by atoms with Crippen molar-refractivity contribution in [3.8, 4) is 5.69 Å². The Morgan fingerprint density at radius 1 is 1.15 bits per heavy atom. The van der Waals surface area contributed by atoms with E-state index in [1.165, 1.54) is 16.7 Å². The SMILES string of the molecule is CCc1nc2ccccc2c(=O)n1-c1cccc(F)c1. The van der Waals surface area contributed by atoms with Crippen LogP contribution < -0.4 is 5.56 Å². The lowest BCUT2D eigenvalue weighted by Crippen LogP contribution is -2.23. The van der Waals surface area contributed by atoms with E-state index < -0.39 is 0 Å². The Bertz CT molecular complexity index is 839. The molecule has 0 amide bonds. The molecule has 0 aliphatic carbocycles. The maximum Gasteiger partial charge on any atom is 0.265 e. The highest BCUT2D eigenvalue weighted by Gasteiger charge is 2.11. The van der Waals surface area contributed by atoms with Gasteiger partial charge in [-0.05, 0) is 30.3 Å². The van der Waals surface area contributed by atoms with E-state index in [-0.39, 0.29) is 11.4 Å². The number of aromatic nitrogens is 2. The van der Waals surface area contributed by atoms with Gasteiger partial charge in [-0.25, -0.2) is 9.37 Å². The standard InChI is InChI=1S/C16H13FN2O/c1-2-15-18-14-9-4-3-8-13(14)16(20)19(15)12-7-5-6-11(17)10-12/h3-10H,2H2,1H3. The van der Waals surface area contributed by atoms with Crippen LogP contribution in [-0.4, -0.2) is 9.55 Å². The molecule has 1 heterocycles. The Balaban J connectivity index is 2.40. The van der Waals surface area contributed by atoms with Gasteiger partial charge in [0, 0.05) is 6.42 Å². The summed E-state index contributed by atoms with van der Waals surface area (Å²) >= 11 is 0. The van der Waals surface area contributed by atoms with Crippen molar-refractivity contribution >= 4 is 10.9 Å². The molecule has 0 fully saturated rings. The minimum absolute atomic E-state index is 0.168. The van der Waals surface area contributed by atoms with Crippen LogP contribution in [0.5, 0.6) is 0 Å². The summed E-state index contributed by atoms with van der Waals surface area (Å²) in [6.07, 6.45) is 0.594. The molecule has 2 aromatic carbocycles.